The second-order valence-corrected chi connectivity index (χ2v) is 6.51. The molecule has 0 spiro atoms. The quantitative estimate of drug-likeness (QED) is 0.790. The van der Waals surface area contributed by atoms with E-state index in [4.69, 9.17) is 0 Å². The molecule has 1 N–H and O–H groups in total. The van der Waals surface area contributed by atoms with Crippen molar-refractivity contribution in [1.82, 2.24) is 15.1 Å². The molecule has 0 saturated carbocycles. The van der Waals surface area contributed by atoms with E-state index < -0.39 is 0 Å². The standard InChI is InChI=1S/C21H23N3O3/c25-16-23-11-13-24(14-12-23)21(27)19-8-4-7-18(15-19)20(26)22-10-9-17-5-2-1-3-6-17/h1-8,15-16H,9-14H2,(H,22,26). The first-order valence-electron chi connectivity index (χ1n) is 9.08. The largest absolute Gasteiger partial charge is 0.352 e. The summed E-state index contributed by atoms with van der Waals surface area (Å²) in [4.78, 5) is 39.2. The van der Waals surface area contributed by atoms with Crippen molar-refractivity contribution in [2.45, 2.75) is 6.42 Å². The van der Waals surface area contributed by atoms with Crippen LogP contribution in [0.25, 0.3) is 0 Å². The van der Waals surface area contributed by atoms with Crippen molar-refractivity contribution in [2.75, 3.05) is 32.7 Å². The summed E-state index contributed by atoms with van der Waals surface area (Å²) in [6.45, 7) is 2.62. The maximum absolute atomic E-state index is 12.7. The van der Waals surface area contributed by atoms with Gasteiger partial charge in [-0.05, 0) is 30.2 Å². The lowest BCUT2D eigenvalue weighted by molar-refractivity contribution is -0.119. The van der Waals surface area contributed by atoms with Crippen LogP contribution in [0.15, 0.2) is 54.6 Å². The summed E-state index contributed by atoms with van der Waals surface area (Å²) in [7, 11) is 0. The summed E-state index contributed by atoms with van der Waals surface area (Å²) in [6.07, 6.45) is 1.56. The Morgan fingerprint density at radius 1 is 0.926 bits per heavy atom. The van der Waals surface area contributed by atoms with Crippen molar-refractivity contribution in [3.8, 4) is 0 Å². The third-order valence-electron chi connectivity index (χ3n) is 4.66. The molecule has 2 aromatic rings. The van der Waals surface area contributed by atoms with Crippen LogP contribution in [0.1, 0.15) is 26.3 Å². The molecule has 2 aromatic carbocycles. The first kappa shape index (κ1) is 18.6. The van der Waals surface area contributed by atoms with Gasteiger partial charge in [0, 0.05) is 43.9 Å². The van der Waals surface area contributed by atoms with Crippen molar-refractivity contribution in [2.24, 2.45) is 0 Å². The minimum absolute atomic E-state index is 0.112. The van der Waals surface area contributed by atoms with E-state index in [1.807, 2.05) is 30.3 Å². The Labute approximate surface area is 158 Å². The summed E-state index contributed by atoms with van der Waals surface area (Å²) in [5.74, 6) is -0.300. The van der Waals surface area contributed by atoms with Crippen LogP contribution in [-0.4, -0.2) is 60.7 Å². The molecule has 140 valence electrons. The molecule has 1 aliphatic rings. The van der Waals surface area contributed by atoms with Crippen LogP contribution in [-0.2, 0) is 11.2 Å². The van der Waals surface area contributed by atoms with Gasteiger partial charge in [0.05, 0.1) is 0 Å². The molecule has 3 amide bonds. The first-order chi connectivity index (χ1) is 13.2. The number of piperazine rings is 1. The maximum atomic E-state index is 12.7. The third-order valence-corrected chi connectivity index (χ3v) is 4.66. The van der Waals surface area contributed by atoms with Crippen molar-refractivity contribution >= 4 is 18.2 Å². The fourth-order valence-corrected chi connectivity index (χ4v) is 3.07. The van der Waals surface area contributed by atoms with E-state index in [1.165, 1.54) is 0 Å². The lowest BCUT2D eigenvalue weighted by Gasteiger charge is -2.32. The zero-order valence-electron chi connectivity index (χ0n) is 15.1. The minimum Gasteiger partial charge on any atom is -0.352 e. The van der Waals surface area contributed by atoms with Crippen LogP contribution in [0.4, 0.5) is 0 Å². The van der Waals surface area contributed by atoms with Crippen LogP contribution in [0.5, 0.6) is 0 Å². The van der Waals surface area contributed by atoms with E-state index in [0.717, 1.165) is 18.4 Å². The fourth-order valence-electron chi connectivity index (χ4n) is 3.07. The number of nitrogens with zero attached hydrogens (tertiary/aromatic N) is 2. The molecule has 6 nitrogen and oxygen atoms in total. The molecule has 1 fully saturated rings. The summed E-state index contributed by atoms with van der Waals surface area (Å²) in [5.41, 5.74) is 2.13. The number of rotatable bonds is 6. The summed E-state index contributed by atoms with van der Waals surface area (Å²) >= 11 is 0. The predicted molar refractivity (Wildman–Crippen MR) is 102 cm³/mol. The molecule has 6 heteroatoms. The highest BCUT2D eigenvalue weighted by Gasteiger charge is 2.21. The normalized spacial score (nSPS) is 13.9. The van der Waals surface area contributed by atoms with Gasteiger partial charge in [-0.2, -0.15) is 0 Å². The fraction of sp³-hybridized carbons (Fsp3) is 0.286. The molecule has 0 aromatic heterocycles. The predicted octanol–water partition coefficient (Wildman–Crippen LogP) is 1.57. The van der Waals surface area contributed by atoms with Crippen molar-refractivity contribution < 1.29 is 14.4 Å². The number of hydrogen-bond donors (Lipinski definition) is 1. The van der Waals surface area contributed by atoms with Crippen molar-refractivity contribution in [3.63, 3.8) is 0 Å². The van der Waals surface area contributed by atoms with E-state index in [9.17, 15) is 14.4 Å². The Balaban J connectivity index is 1.57. The van der Waals surface area contributed by atoms with Gasteiger partial charge in [-0.1, -0.05) is 36.4 Å². The molecule has 0 radical (unpaired) electrons. The number of nitrogens with one attached hydrogen (secondary N) is 1. The molecular formula is C21H23N3O3. The van der Waals surface area contributed by atoms with Gasteiger partial charge in [0.2, 0.25) is 6.41 Å². The van der Waals surface area contributed by atoms with Gasteiger partial charge >= 0.3 is 0 Å². The first-order valence-corrected chi connectivity index (χ1v) is 9.08. The van der Waals surface area contributed by atoms with E-state index in [1.54, 1.807) is 34.1 Å². The van der Waals surface area contributed by atoms with E-state index in [0.29, 0.717) is 43.9 Å². The van der Waals surface area contributed by atoms with Crippen LogP contribution in [0.3, 0.4) is 0 Å². The Hall–Kier alpha value is -3.15. The minimum atomic E-state index is -0.189. The van der Waals surface area contributed by atoms with E-state index in [2.05, 4.69) is 5.32 Å². The van der Waals surface area contributed by atoms with Crippen LogP contribution in [0.2, 0.25) is 0 Å². The number of hydrogen-bond acceptors (Lipinski definition) is 3. The second kappa shape index (κ2) is 8.98. The Morgan fingerprint density at radius 3 is 2.33 bits per heavy atom. The molecule has 3 rings (SSSR count). The third kappa shape index (κ3) is 4.94. The highest BCUT2D eigenvalue weighted by atomic mass is 16.2. The number of carbonyl (C=O) groups is 3. The highest BCUT2D eigenvalue weighted by Crippen LogP contribution is 2.11. The van der Waals surface area contributed by atoms with Crippen molar-refractivity contribution in [3.05, 3.63) is 71.3 Å². The molecule has 1 aliphatic heterocycles. The number of carbonyl (C=O) groups excluding carboxylic acids is 3. The van der Waals surface area contributed by atoms with Gasteiger partial charge in [0.25, 0.3) is 11.8 Å². The molecular weight excluding hydrogens is 342 g/mol. The molecule has 0 unspecified atom stereocenters. The van der Waals surface area contributed by atoms with Crippen LogP contribution >= 0.6 is 0 Å². The topological polar surface area (TPSA) is 69.7 Å². The van der Waals surface area contributed by atoms with Crippen LogP contribution in [0, 0.1) is 0 Å². The zero-order chi connectivity index (χ0) is 19.1. The Morgan fingerprint density at radius 2 is 1.63 bits per heavy atom. The lowest BCUT2D eigenvalue weighted by atomic mass is 10.1. The monoisotopic (exact) mass is 365 g/mol. The van der Waals surface area contributed by atoms with Gasteiger partial charge in [-0.3, -0.25) is 14.4 Å². The molecule has 0 aliphatic carbocycles. The number of benzene rings is 2. The lowest BCUT2D eigenvalue weighted by Crippen LogP contribution is -2.48. The smallest absolute Gasteiger partial charge is 0.253 e. The van der Waals surface area contributed by atoms with Gasteiger partial charge in [0.1, 0.15) is 0 Å². The molecule has 1 saturated heterocycles. The van der Waals surface area contributed by atoms with Gasteiger partial charge in [-0.25, -0.2) is 0 Å². The zero-order valence-corrected chi connectivity index (χ0v) is 15.1. The summed E-state index contributed by atoms with van der Waals surface area (Å²) < 4.78 is 0. The molecule has 0 atom stereocenters. The average Bonchev–Trinajstić information content (AvgIpc) is 2.74. The van der Waals surface area contributed by atoms with Gasteiger partial charge < -0.3 is 15.1 Å². The van der Waals surface area contributed by atoms with Gasteiger partial charge in [-0.15, -0.1) is 0 Å². The molecule has 0 bridgehead atoms. The Kier molecular flexibility index (Phi) is 6.20. The molecule has 27 heavy (non-hydrogen) atoms. The van der Waals surface area contributed by atoms with E-state index >= 15 is 0 Å². The second-order valence-electron chi connectivity index (χ2n) is 6.51. The number of amides is 3. The molecule has 1 heterocycles. The SMILES string of the molecule is O=CN1CCN(C(=O)c2cccc(C(=O)NCCc3ccccc3)c2)CC1. The van der Waals surface area contributed by atoms with E-state index in [-0.39, 0.29) is 11.8 Å². The van der Waals surface area contributed by atoms with Crippen molar-refractivity contribution in [1.29, 1.82) is 0 Å². The highest BCUT2D eigenvalue weighted by molar-refractivity contribution is 5.99. The van der Waals surface area contributed by atoms with Crippen LogP contribution < -0.4 is 5.32 Å². The van der Waals surface area contributed by atoms with Gasteiger partial charge in [0.15, 0.2) is 0 Å². The average molecular weight is 365 g/mol. The summed E-state index contributed by atoms with van der Waals surface area (Å²) in [6, 6.07) is 16.7. The maximum Gasteiger partial charge on any atom is 0.253 e. The Bertz CT molecular complexity index is 799. The summed E-state index contributed by atoms with van der Waals surface area (Å²) in [5, 5.41) is 2.90.